The van der Waals surface area contributed by atoms with Crippen LogP contribution in [0.25, 0.3) is 0 Å². The molecule has 2 unspecified atom stereocenters. The summed E-state index contributed by atoms with van der Waals surface area (Å²) in [5.41, 5.74) is 5.85. The fourth-order valence-corrected chi connectivity index (χ4v) is 4.69. The predicted molar refractivity (Wildman–Crippen MR) is 92.4 cm³/mol. The van der Waals surface area contributed by atoms with Gasteiger partial charge in [0.2, 0.25) is 0 Å². The molecular formula is C19H23NS. The third-order valence-corrected chi connectivity index (χ3v) is 5.87. The largest absolute Gasteiger partial charge is 0.316 e. The average molecular weight is 297 g/mol. The molecule has 0 radical (unpaired) electrons. The van der Waals surface area contributed by atoms with E-state index in [1.807, 2.05) is 11.8 Å². The number of aryl methyl sites for hydroxylation is 2. The van der Waals surface area contributed by atoms with Crippen molar-refractivity contribution in [3.63, 3.8) is 0 Å². The Labute approximate surface area is 132 Å². The van der Waals surface area contributed by atoms with E-state index in [0.29, 0.717) is 12.0 Å². The van der Waals surface area contributed by atoms with Crippen molar-refractivity contribution in [2.75, 3.05) is 12.8 Å². The first-order valence-corrected chi connectivity index (χ1v) is 8.63. The average Bonchev–Trinajstić information content (AvgIpc) is 2.91. The van der Waals surface area contributed by atoms with Crippen molar-refractivity contribution in [2.24, 2.45) is 0 Å². The molecule has 0 saturated carbocycles. The smallest absolute Gasteiger partial charge is 0.0182 e. The van der Waals surface area contributed by atoms with Crippen molar-refractivity contribution in [2.45, 2.75) is 37.1 Å². The van der Waals surface area contributed by atoms with Crippen LogP contribution in [0.1, 0.15) is 28.2 Å². The predicted octanol–water partition coefficient (Wildman–Crippen LogP) is 4.32. The molecule has 2 atom stereocenters. The number of hydrogen-bond donors (Lipinski definition) is 1. The molecule has 0 spiro atoms. The number of nitrogens with one attached hydrogen (secondary N) is 1. The minimum absolute atomic E-state index is 0.501. The van der Waals surface area contributed by atoms with Crippen LogP contribution in [0, 0.1) is 13.8 Å². The van der Waals surface area contributed by atoms with E-state index >= 15 is 0 Å². The zero-order chi connectivity index (χ0) is 14.8. The summed E-state index contributed by atoms with van der Waals surface area (Å²) in [5.74, 6) is 1.80. The summed E-state index contributed by atoms with van der Waals surface area (Å²) in [7, 11) is 2.10. The van der Waals surface area contributed by atoms with Gasteiger partial charge in [-0.2, -0.15) is 0 Å². The van der Waals surface area contributed by atoms with Gasteiger partial charge in [0.1, 0.15) is 0 Å². The molecule has 1 nitrogen and oxygen atoms in total. The van der Waals surface area contributed by atoms with Crippen LogP contribution in [0.5, 0.6) is 0 Å². The molecule has 1 aliphatic heterocycles. The van der Waals surface area contributed by atoms with E-state index < -0.39 is 0 Å². The summed E-state index contributed by atoms with van der Waals surface area (Å²) >= 11 is 2.00. The van der Waals surface area contributed by atoms with Crippen LogP contribution < -0.4 is 5.32 Å². The van der Waals surface area contributed by atoms with Gasteiger partial charge in [0.05, 0.1) is 0 Å². The highest BCUT2D eigenvalue weighted by atomic mass is 32.2. The first kappa shape index (κ1) is 14.7. The summed E-state index contributed by atoms with van der Waals surface area (Å²) in [6.45, 7) is 4.46. The Kier molecular flexibility index (Phi) is 4.37. The summed E-state index contributed by atoms with van der Waals surface area (Å²) in [5, 5.41) is 3.57. The molecular weight excluding hydrogens is 274 g/mol. The van der Waals surface area contributed by atoms with E-state index in [1.165, 1.54) is 32.9 Å². The lowest BCUT2D eigenvalue weighted by molar-refractivity contribution is 0.487. The molecule has 0 bridgehead atoms. The number of hydrogen-bond acceptors (Lipinski definition) is 2. The molecule has 0 amide bonds. The van der Waals surface area contributed by atoms with E-state index in [0.717, 1.165) is 6.42 Å². The van der Waals surface area contributed by atoms with Crippen molar-refractivity contribution in [1.29, 1.82) is 0 Å². The van der Waals surface area contributed by atoms with Gasteiger partial charge in [-0.3, -0.25) is 0 Å². The Balaban J connectivity index is 1.87. The molecule has 0 saturated heterocycles. The van der Waals surface area contributed by atoms with Crippen molar-refractivity contribution < 1.29 is 0 Å². The highest BCUT2D eigenvalue weighted by Crippen LogP contribution is 2.41. The third-order valence-electron chi connectivity index (χ3n) is 4.66. The van der Waals surface area contributed by atoms with Gasteiger partial charge in [0.25, 0.3) is 0 Å². The first-order valence-electron chi connectivity index (χ1n) is 7.64. The normalized spacial score (nSPS) is 18.5. The van der Waals surface area contributed by atoms with Crippen molar-refractivity contribution in [3.05, 3.63) is 64.7 Å². The second-order valence-electron chi connectivity index (χ2n) is 5.92. The molecule has 110 valence electrons. The number of rotatable bonds is 4. The van der Waals surface area contributed by atoms with Gasteiger partial charge < -0.3 is 5.32 Å². The maximum atomic E-state index is 3.57. The number of likely N-dealkylation sites (N-methyl/N-ethyl adjacent to an activating group) is 1. The van der Waals surface area contributed by atoms with Gasteiger partial charge in [-0.25, -0.2) is 0 Å². The SMILES string of the molecule is CNC(Cc1c(C)cccc1C)C1CSc2ccccc21. The highest BCUT2D eigenvalue weighted by molar-refractivity contribution is 7.99. The Morgan fingerprint density at radius 2 is 1.81 bits per heavy atom. The minimum Gasteiger partial charge on any atom is -0.316 e. The second-order valence-corrected chi connectivity index (χ2v) is 6.99. The van der Waals surface area contributed by atoms with Gasteiger partial charge in [-0.15, -0.1) is 11.8 Å². The lowest BCUT2D eigenvalue weighted by Gasteiger charge is -2.25. The summed E-state index contributed by atoms with van der Waals surface area (Å²) in [6, 6.07) is 16.0. The monoisotopic (exact) mass is 297 g/mol. The fourth-order valence-electron chi connectivity index (χ4n) is 3.36. The maximum absolute atomic E-state index is 3.57. The zero-order valence-corrected chi connectivity index (χ0v) is 13.8. The third kappa shape index (κ3) is 2.88. The summed E-state index contributed by atoms with van der Waals surface area (Å²) in [6.07, 6.45) is 1.11. The molecule has 0 aromatic heterocycles. The van der Waals surface area contributed by atoms with Gasteiger partial charge in [-0.05, 0) is 55.6 Å². The molecule has 3 rings (SSSR count). The minimum atomic E-state index is 0.501. The van der Waals surface area contributed by atoms with Gasteiger partial charge in [0.15, 0.2) is 0 Å². The molecule has 1 N–H and O–H groups in total. The van der Waals surface area contributed by atoms with Crippen molar-refractivity contribution in [3.8, 4) is 0 Å². The molecule has 0 aliphatic carbocycles. The van der Waals surface area contributed by atoms with Gasteiger partial charge >= 0.3 is 0 Å². The van der Waals surface area contributed by atoms with E-state index in [2.05, 4.69) is 68.7 Å². The van der Waals surface area contributed by atoms with Crippen LogP contribution in [-0.4, -0.2) is 18.8 Å². The second kappa shape index (κ2) is 6.25. The molecule has 2 aromatic rings. The molecule has 21 heavy (non-hydrogen) atoms. The van der Waals surface area contributed by atoms with Crippen molar-refractivity contribution >= 4 is 11.8 Å². The Hall–Kier alpha value is -1.25. The molecule has 0 fully saturated rings. The van der Waals surface area contributed by atoms with Crippen LogP contribution in [0.4, 0.5) is 0 Å². The first-order chi connectivity index (χ1) is 10.2. The Morgan fingerprint density at radius 1 is 1.10 bits per heavy atom. The summed E-state index contributed by atoms with van der Waals surface area (Å²) in [4.78, 5) is 1.46. The lowest BCUT2D eigenvalue weighted by atomic mass is 9.87. The number of thioether (sulfide) groups is 1. The van der Waals surface area contributed by atoms with Crippen LogP contribution in [0.15, 0.2) is 47.4 Å². The molecule has 1 aliphatic rings. The Morgan fingerprint density at radius 3 is 2.52 bits per heavy atom. The van der Waals surface area contributed by atoms with Gasteiger partial charge in [0, 0.05) is 22.6 Å². The number of benzene rings is 2. The van der Waals surface area contributed by atoms with E-state index in [-0.39, 0.29) is 0 Å². The van der Waals surface area contributed by atoms with E-state index in [4.69, 9.17) is 0 Å². The fraction of sp³-hybridized carbons (Fsp3) is 0.368. The van der Waals surface area contributed by atoms with Crippen LogP contribution in [0.2, 0.25) is 0 Å². The van der Waals surface area contributed by atoms with E-state index in [1.54, 1.807) is 0 Å². The molecule has 2 heteroatoms. The zero-order valence-electron chi connectivity index (χ0n) is 13.0. The highest BCUT2D eigenvalue weighted by Gasteiger charge is 2.29. The van der Waals surface area contributed by atoms with Gasteiger partial charge in [-0.1, -0.05) is 36.4 Å². The topological polar surface area (TPSA) is 12.0 Å². The number of fused-ring (bicyclic) bond motifs is 1. The van der Waals surface area contributed by atoms with E-state index in [9.17, 15) is 0 Å². The van der Waals surface area contributed by atoms with Crippen LogP contribution in [-0.2, 0) is 6.42 Å². The van der Waals surface area contributed by atoms with Crippen LogP contribution in [0.3, 0.4) is 0 Å². The maximum Gasteiger partial charge on any atom is 0.0182 e. The standard InChI is InChI=1S/C19H23NS/c1-13-7-6-8-14(2)16(13)11-18(20-3)17-12-21-19-10-5-4-9-15(17)19/h4-10,17-18,20H,11-12H2,1-3H3. The van der Waals surface area contributed by atoms with Crippen molar-refractivity contribution in [1.82, 2.24) is 5.32 Å². The van der Waals surface area contributed by atoms with Crippen LogP contribution >= 0.6 is 11.8 Å². The quantitative estimate of drug-likeness (QED) is 0.902. The molecule has 2 aromatic carbocycles. The Bertz CT molecular complexity index is 615. The lowest BCUT2D eigenvalue weighted by Crippen LogP contribution is -2.34. The summed E-state index contributed by atoms with van der Waals surface area (Å²) < 4.78 is 0. The molecule has 1 heterocycles.